The lowest BCUT2D eigenvalue weighted by atomic mass is 10.1. The summed E-state index contributed by atoms with van der Waals surface area (Å²) in [6.07, 6.45) is 2.85. The number of halogens is 2. The Labute approximate surface area is 106 Å². The Hall–Kier alpha value is -0.640. The number of benzene rings is 1. The fraction of sp³-hybridized carbons (Fsp3) is 0.538. The summed E-state index contributed by atoms with van der Waals surface area (Å²) in [7, 11) is 0. The van der Waals surface area contributed by atoms with Gasteiger partial charge in [0.1, 0.15) is 5.82 Å². The third-order valence-electron chi connectivity index (χ3n) is 2.91. The van der Waals surface area contributed by atoms with Crippen LogP contribution in [0.25, 0.3) is 0 Å². The SMILES string of the molecule is Fc1cccc(CCl)c1COC1CCCCO1. The topological polar surface area (TPSA) is 18.5 Å². The van der Waals surface area contributed by atoms with Crippen LogP contribution in [-0.4, -0.2) is 12.9 Å². The summed E-state index contributed by atoms with van der Waals surface area (Å²) in [5, 5.41) is 0. The Kier molecular flexibility index (Phi) is 4.77. The molecular weight excluding hydrogens is 243 g/mol. The van der Waals surface area contributed by atoms with Crippen LogP contribution in [0.3, 0.4) is 0 Å². The monoisotopic (exact) mass is 258 g/mol. The van der Waals surface area contributed by atoms with Gasteiger partial charge in [0.25, 0.3) is 0 Å². The fourth-order valence-corrected chi connectivity index (χ4v) is 2.16. The van der Waals surface area contributed by atoms with Gasteiger partial charge >= 0.3 is 0 Å². The molecule has 1 aliphatic heterocycles. The number of alkyl halides is 1. The number of rotatable bonds is 4. The van der Waals surface area contributed by atoms with Crippen molar-refractivity contribution in [2.24, 2.45) is 0 Å². The lowest BCUT2D eigenvalue weighted by molar-refractivity contribution is -0.169. The molecule has 0 spiro atoms. The minimum Gasteiger partial charge on any atom is -0.353 e. The maximum atomic E-state index is 13.6. The van der Waals surface area contributed by atoms with Crippen LogP contribution in [0, 0.1) is 5.82 Å². The van der Waals surface area contributed by atoms with Crippen molar-refractivity contribution in [2.45, 2.75) is 38.0 Å². The fourth-order valence-electron chi connectivity index (χ4n) is 1.91. The van der Waals surface area contributed by atoms with Crippen LogP contribution in [0.5, 0.6) is 0 Å². The van der Waals surface area contributed by atoms with Crippen molar-refractivity contribution >= 4 is 11.6 Å². The molecule has 1 atom stereocenters. The molecule has 0 aromatic heterocycles. The predicted octanol–water partition coefficient (Wildman–Crippen LogP) is 3.61. The van der Waals surface area contributed by atoms with Gasteiger partial charge in [0.15, 0.2) is 6.29 Å². The smallest absolute Gasteiger partial charge is 0.158 e. The van der Waals surface area contributed by atoms with E-state index in [1.165, 1.54) is 6.07 Å². The Morgan fingerprint density at radius 2 is 2.29 bits per heavy atom. The lowest BCUT2D eigenvalue weighted by Gasteiger charge is -2.23. The summed E-state index contributed by atoms with van der Waals surface area (Å²) >= 11 is 5.77. The van der Waals surface area contributed by atoms with E-state index >= 15 is 0 Å². The van der Waals surface area contributed by atoms with E-state index in [1.807, 2.05) is 6.07 Å². The molecule has 2 nitrogen and oxygen atoms in total. The first-order chi connectivity index (χ1) is 8.31. The van der Waals surface area contributed by atoms with Gasteiger partial charge in [0.05, 0.1) is 6.61 Å². The predicted molar refractivity (Wildman–Crippen MR) is 64.3 cm³/mol. The Bertz CT molecular complexity index is 364. The van der Waals surface area contributed by atoms with Gasteiger partial charge in [-0.3, -0.25) is 0 Å². The zero-order valence-corrected chi connectivity index (χ0v) is 10.4. The van der Waals surface area contributed by atoms with Crippen molar-refractivity contribution < 1.29 is 13.9 Å². The van der Waals surface area contributed by atoms with Crippen molar-refractivity contribution in [1.82, 2.24) is 0 Å². The lowest BCUT2D eigenvalue weighted by Crippen LogP contribution is -2.22. The summed E-state index contributed by atoms with van der Waals surface area (Å²) in [5.74, 6) is 0.0288. The first-order valence-corrected chi connectivity index (χ1v) is 6.40. The number of hydrogen-bond donors (Lipinski definition) is 0. The van der Waals surface area contributed by atoms with Gasteiger partial charge in [-0.1, -0.05) is 12.1 Å². The molecule has 17 heavy (non-hydrogen) atoms. The number of ether oxygens (including phenoxy) is 2. The molecule has 0 N–H and O–H groups in total. The van der Waals surface area contributed by atoms with E-state index in [0.29, 0.717) is 11.4 Å². The molecule has 0 radical (unpaired) electrons. The van der Waals surface area contributed by atoms with E-state index in [1.54, 1.807) is 6.07 Å². The molecule has 1 fully saturated rings. The van der Waals surface area contributed by atoms with Gasteiger partial charge in [-0.05, 0) is 30.9 Å². The largest absolute Gasteiger partial charge is 0.353 e. The van der Waals surface area contributed by atoms with Gasteiger partial charge in [-0.2, -0.15) is 0 Å². The minimum absolute atomic E-state index is 0.202. The van der Waals surface area contributed by atoms with Crippen LogP contribution >= 0.6 is 11.6 Å². The van der Waals surface area contributed by atoms with E-state index < -0.39 is 0 Å². The molecule has 0 aliphatic carbocycles. The van der Waals surface area contributed by atoms with Gasteiger partial charge in [-0.25, -0.2) is 4.39 Å². The summed E-state index contributed by atoms with van der Waals surface area (Å²) < 4.78 is 24.6. The van der Waals surface area contributed by atoms with Crippen molar-refractivity contribution in [3.8, 4) is 0 Å². The molecule has 0 amide bonds. The number of hydrogen-bond acceptors (Lipinski definition) is 2. The first kappa shape index (κ1) is 12.8. The highest BCUT2D eigenvalue weighted by Crippen LogP contribution is 2.20. The molecule has 2 rings (SSSR count). The summed E-state index contributed by atoms with van der Waals surface area (Å²) in [6, 6.07) is 4.90. The highest BCUT2D eigenvalue weighted by Gasteiger charge is 2.16. The van der Waals surface area contributed by atoms with Crippen molar-refractivity contribution in [3.05, 3.63) is 35.1 Å². The van der Waals surface area contributed by atoms with E-state index in [9.17, 15) is 4.39 Å². The van der Waals surface area contributed by atoms with Gasteiger partial charge in [0, 0.05) is 18.1 Å². The molecule has 0 bridgehead atoms. The first-order valence-electron chi connectivity index (χ1n) is 5.86. The molecular formula is C13H16ClFO2. The Morgan fingerprint density at radius 1 is 1.41 bits per heavy atom. The zero-order chi connectivity index (χ0) is 12.1. The molecule has 94 valence electrons. The third-order valence-corrected chi connectivity index (χ3v) is 3.20. The second kappa shape index (κ2) is 6.34. The Balaban J connectivity index is 1.97. The van der Waals surface area contributed by atoms with Crippen molar-refractivity contribution in [3.63, 3.8) is 0 Å². The average Bonchev–Trinajstić information content (AvgIpc) is 2.38. The second-order valence-electron chi connectivity index (χ2n) is 4.12. The molecule has 0 saturated carbocycles. The third kappa shape index (κ3) is 3.41. The normalized spacial score (nSPS) is 20.5. The van der Waals surface area contributed by atoms with E-state index in [-0.39, 0.29) is 18.7 Å². The standard InChI is InChI=1S/C13H16ClFO2/c14-8-10-4-3-5-12(15)11(10)9-17-13-6-1-2-7-16-13/h3-5,13H,1-2,6-9H2. The van der Waals surface area contributed by atoms with E-state index in [4.69, 9.17) is 21.1 Å². The molecule has 4 heteroatoms. The summed E-state index contributed by atoms with van der Waals surface area (Å²) in [5.41, 5.74) is 1.32. The quantitative estimate of drug-likeness (QED) is 0.768. The molecule has 1 aliphatic rings. The van der Waals surface area contributed by atoms with Gasteiger partial charge < -0.3 is 9.47 Å². The van der Waals surface area contributed by atoms with Crippen LogP contribution in [0.1, 0.15) is 30.4 Å². The van der Waals surface area contributed by atoms with Gasteiger partial charge in [-0.15, -0.1) is 11.6 Å². The van der Waals surface area contributed by atoms with E-state index in [0.717, 1.165) is 31.4 Å². The molecule has 1 aromatic rings. The second-order valence-corrected chi connectivity index (χ2v) is 4.39. The van der Waals surface area contributed by atoms with Crippen molar-refractivity contribution in [1.29, 1.82) is 0 Å². The van der Waals surface area contributed by atoms with Crippen LogP contribution in [0.2, 0.25) is 0 Å². The summed E-state index contributed by atoms with van der Waals surface area (Å²) in [4.78, 5) is 0. The molecule has 1 saturated heterocycles. The molecule has 1 aromatic carbocycles. The maximum absolute atomic E-state index is 13.6. The van der Waals surface area contributed by atoms with Gasteiger partial charge in [0.2, 0.25) is 0 Å². The van der Waals surface area contributed by atoms with Crippen LogP contribution in [0.4, 0.5) is 4.39 Å². The highest BCUT2D eigenvalue weighted by atomic mass is 35.5. The van der Waals surface area contributed by atoms with Crippen LogP contribution in [-0.2, 0) is 22.0 Å². The van der Waals surface area contributed by atoms with Crippen molar-refractivity contribution in [2.75, 3.05) is 6.61 Å². The van der Waals surface area contributed by atoms with Crippen LogP contribution in [0.15, 0.2) is 18.2 Å². The average molecular weight is 259 g/mol. The zero-order valence-electron chi connectivity index (χ0n) is 9.62. The summed E-state index contributed by atoms with van der Waals surface area (Å²) in [6.45, 7) is 0.948. The minimum atomic E-state index is -0.265. The molecule has 1 unspecified atom stereocenters. The highest BCUT2D eigenvalue weighted by molar-refractivity contribution is 6.17. The maximum Gasteiger partial charge on any atom is 0.158 e. The Morgan fingerprint density at radius 3 is 3.00 bits per heavy atom. The van der Waals surface area contributed by atoms with E-state index in [2.05, 4.69) is 0 Å². The molecule has 1 heterocycles. The van der Waals surface area contributed by atoms with Crippen LogP contribution < -0.4 is 0 Å².